The maximum absolute atomic E-state index is 13.2. The van der Waals surface area contributed by atoms with E-state index >= 15 is 0 Å². The molecule has 1 unspecified atom stereocenters. The number of thiophene rings is 1. The number of aromatic nitrogens is 1. The summed E-state index contributed by atoms with van der Waals surface area (Å²) in [4.78, 5) is 16.1. The van der Waals surface area contributed by atoms with E-state index in [-0.39, 0.29) is 16.8 Å². The molecule has 1 amide bonds. The number of hydrogen-bond acceptors (Lipinski definition) is 4. The molecule has 2 heterocycles. The van der Waals surface area contributed by atoms with E-state index in [1.807, 2.05) is 38.3 Å². The molecule has 8 heteroatoms. The highest BCUT2D eigenvalue weighted by atomic mass is 32.2. The number of rotatable bonds is 6. The van der Waals surface area contributed by atoms with Gasteiger partial charge in [0.15, 0.2) is 0 Å². The second-order valence-corrected chi connectivity index (χ2v) is 9.75. The molecule has 2 aromatic heterocycles. The molecule has 2 N–H and O–H groups in total. The van der Waals surface area contributed by atoms with Crippen LogP contribution >= 0.6 is 11.3 Å². The summed E-state index contributed by atoms with van der Waals surface area (Å²) in [6.07, 6.45) is 0. The fraction of sp³-hybridized carbons (Fsp3) is 0.286. The smallest absolute Gasteiger partial charge is 0.255 e. The summed E-state index contributed by atoms with van der Waals surface area (Å²) in [5.41, 5.74) is 3.30. The molecule has 6 nitrogen and oxygen atoms in total. The molecule has 0 bridgehead atoms. The van der Waals surface area contributed by atoms with Crippen LogP contribution in [0.25, 0.3) is 0 Å². The van der Waals surface area contributed by atoms with Crippen LogP contribution in [0.2, 0.25) is 0 Å². The van der Waals surface area contributed by atoms with Gasteiger partial charge in [-0.3, -0.25) is 4.79 Å². The van der Waals surface area contributed by atoms with Gasteiger partial charge in [0, 0.05) is 23.3 Å². The standard InChI is InChI=1S/C21H25N3O3S2/c1-14-11-20(16(3)24(14)13-18-8-6-10-28-18)21(25)23(4)15(2)17-7-5-9-19(12-17)29(22,26)27/h5-12,15H,13H2,1-4H3,(H2,22,26,27). The predicted molar refractivity (Wildman–Crippen MR) is 116 cm³/mol. The zero-order chi connectivity index (χ0) is 21.3. The number of carbonyl (C=O) groups excluding carboxylic acids is 1. The first-order chi connectivity index (χ1) is 13.6. The van der Waals surface area contributed by atoms with Gasteiger partial charge in [-0.05, 0) is 56.0 Å². The van der Waals surface area contributed by atoms with Gasteiger partial charge in [0.05, 0.1) is 23.0 Å². The highest BCUT2D eigenvalue weighted by Gasteiger charge is 2.24. The Morgan fingerprint density at radius 1 is 1.21 bits per heavy atom. The van der Waals surface area contributed by atoms with Gasteiger partial charge in [-0.2, -0.15) is 0 Å². The molecule has 0 saturated heterocycles. The molecular weight excluding hydrogens is 406 g/mol. The van der Waals surface area contributed by atoms with Crippen LogP contribution in [0.15, 0.2) is 52.7 Å². The fourth-order valence-corrected chi connectivity index (χ4v) is 4.62. The van der Waals surface area contributed by atoms with Crippen LogP contribution < -0.4 is 5.14 Å². The van der Waals surface area contributed by atoms with Crippen molar-refractivity contribution in [2.45, 2.75) is 38.3 Å². The zero-order valence-electron chi connectivity index (χ0n) is 16.9. The first-order valence-corrected chi connectivity index (χ1v) is 11.6. The third-order valence-corrected chi connectivity index (χ3v) is 7.04. The Balaban J connectivity index is 1.87. The number of sulfonamides is 1. The van der Waals surface area contributed by atoms with Crippen LogP contribution in [0.5, 0.6) is 0 Å². The summed E-state index contributed by atoms with van der Waals surface area (Å²) in [5.74, 6) is -0.107. The predicted octanol–water partition coefficient (Wildman–Crippen LogP) is 3.70. The van der Waals surface area contributed by atoms with Crippen LogP contribution in [0.4, 0.5) is 0 Å². The molecular formula is C21H25N3O3S2. The van der Waals surface area contributed by atoms with Crippen LogP contribution in [-0.4, -0.2) is 30.8 Å². The maximum atomic E-state index is 13.2. The molecule has 0 aliphatic rings. The van der Waals surface area contributed by atoms with Gasteiger partial charge in [0.2, 0.25) is 10.0 Å². The first-order valence-electron chi connectivity index (χ1n) is 9.18. The molecule has 0 radical (unpaired) electrons. The molecule has 0 fully saturated rings. The molecule has 0 aliphatic carbocycles. The Labute approximate surface area is 175 Å². The lowest BCUT2D eigenvalue weighted by Crippen LogP contribution is -2.30. The SMILES string of the molecule is Cc1cc(C(=O)N(C)C(C)c2cccc(S(N)(=O)=O)c2)c(C)n1Cc1cccs1. The van der Waals surface area contributed by atoms with E-state index in [2.05, 4.69) is 10.6 Å². The van der Waals surface area contributed by atoms with Crippen LogP contribution in [0, 0.1) is 13.8 Å². The Kier molecular flexibility index (Phi) is 5.97. The Morgan fingerprint density at radius 2 is 1.93 bits per heavy atom. The van der Waals surface area contributed by atoms with E-state index in [9.17, 15) is 13.2 Å². The molecule has 154 valence electrons. The lowest BCUT2D eigenvalue weighted by Gasteiger charge is -2.26. The summed E-state index contributed by atoms with van der Waals surface area (Å²) in [6, 6.07) is 12.1. The topological polar surface area (TPSA) is 85.4 Å². The number of carbonyl (C=O) groups is 1. The largest absolute Gasteiger partial charge is 0.343 e. The maximum Gasteiger partial charge on any atom is 0.255 e. The van der Waals surface area contributed by atoms with Crippen LogP contribution in [0.3, 0.4) is 0 Å². The average Bonchev–Trinajstić information content (AvgIpc) is 3.29. The summed E-state index contributed by atoms with van der Waals surface area (Å²) >= 11 is 1.69. The molecule has 29 heavy (non-hydrogen) atoms. The van der Waals surface area contributed by atoms with E-state index < -0.39 is 10.0 Å². The van der Waals surface area contributed by atoms with E-state index in [1.54, 1.807) is 35.4 Å². The molecule has 0 saturated carbocycles. The number of aryl methyl sites for hydroxylation is 1. The van der Waals surface area contributed by atoms with Crippen molar-refractivity contribution in [2.24, 2.45) is 5.14 Å². The lowest BCUT2D eigenvalue weighted by atomic mass is 10.1. The lowest BCUT2D eigenvalue weighted by molar-refractivity contribution is 0.0741. The Bertz CT molecular complexity index is 1130. The zero-order valence-corrected chi connectivity index (χ0v) is 18.5. The quantitative estimate of drug-likeness (QED) is 0.646. The van der Waals surface area contributed by atoms with E-state index in [0.29, 0.717) is 11.1 Å². The van der Waals surface area contributed by atoms with Crippen molar-refractivity contribution in [1.29, 1.82) is 0 Å². The summed E-state index contributed by atoms with van der Waals surface area (Å²) < 4.78 is 25.4. The second-order valence-electron chi connectivity index (χ2n) is 7.16. The van der Waals surface area contributed by atoms with Crippen molar-refractivity contribution in [3.8, 4) is 0 Å². The summed E-state index contributed by atoms with van der Waals surface area (Å²) in [6.45, 7) is 6.55. The summed E-state index contributed by atoms with van der Waals surface area (Å²) in [5, 5.41) is 7.28. The molecule has 1 atom stereocenters. The minimum absolute atomic E-state index is 0.0387. The highest BCUT2D eigenvalue weighted by molar-refractivity contribution is 7.89. The minimum atomic E-state index is -3.80. The third kappa shape index (κ3) is 4.44. The minimum Gasteiger partial charge on any atom is -0.343 e. The number of nitrogens with two attached hydrogens (primary N) is 1. The third-order valence-electron chi connectivity index (χ3n) is 5.27. The van der Waals surface area contributed by atoms with Gasteiger partial charge in [-0.15, -0.1) is 11.3 Å². The van der Waals surface area contributed by atoms with Crippen molar-refractivity contribution in [3.63, 3.8) is 0 Å². The molecule has 0 aliphatic heterocycles. The van der Waals surface area contributed by atoms with Crippen molar-refractivity contribution < 1.29 is 13.2 Å². The number of amides is 1. The molecule has 1 aromatic carbocycles. The van der Waals surface area contributed by atoms with Crippen molar-refractivity contribution in [3.05, 3.63) is 75.2 Å². The van der Waals surface area contributed by atoms with Gasteiger partial charge in [-0.25, -0.2) is 13.6 Å². The van der Waals surface area contributed by atoms with Crippen molar-refractivity contribution >= 4 is 27.3 Å². The highest BCUT2D eigenvalue weighted by Crippen LogP contribution is 2.26. The van der Waals surface area contributed by atoms with Gasteiger partial charge >= 0.3 is 0 Å². The average molecular weight is 432 g/mol. The van der Waals surface area contributed by atoms with Gasteiger partial charge < -0.3 is 9.47 Å². The Morgan fingerprint density at radius 3 is 2.55 bits per heavy atom. The van der Waals surface area contributed by atoms with Crippen molar-refractivity contribution in [2.75, 3.05) is 7.05 Å². The van der Waals surface area contributed by atoms with Gasteiger partial charge in [-0.1, -0.05) is 18.2 Å². The second kappa shape index (κ2) is 8.14. The summed E-state index contributed by atoms with van der Waals surface area (Å²) in [7, 11) is -2.07. The molecule has 0 spiro atoms. The molecule has 3 aromatic rings. The number of benzene rings is 1. The van der Waals surface area contributed by atoms with E-state index in [1.165, 1.54) is 17.0 Å². The van der Waals surface area contributed by atoms with Crippen LogP contribution in [-0.2, 0) is 16.6 Å². The van der Waals surface area contributed by atoms with Gasteiger partial charge in [0.25, 0.3) is 5.91 Å². The van der Waals surface area contributed by atoms with E-state index in [0.717, 1.165) is 17.9 Å². The normalized spacial score (nSPS) is 12.7. The number of nitrogens with zero attached hydrogens (tertiary/aromatic N) is 2. The fourth-order valence-electron chi connectivity index (χ4n) is 3.36. The number of primary sulfonamides is 1. The molecule has 3 rings (SSSR count). The number of hydrogen-bond donors (Lipinski definition) is 1. The van der Waals surface area contributed by atoms with Crippen LogP contribution in [0.1, 0.15) is 45.2 Å². The Hall–Kier alpha value is -2.42. The van der Waals surface area contributed by atoms with E-state index in [4.69, 9.17) is 5.14 Å². The monoisotopic (exact) mass is 431 g/mol. The van der Waals surface area contributed by atoms with Crippen molar-refractivity contribution in [1.82, 2.24) is 9.47 Å². The van der Waals surface area contributed by atoms with Gasteiger partial charge in [0.1, 0.15) is 0 Å². The first kappa shape index (κ1) is 21.3.